The Kier molecular flexibility index (Phi) is 69.6. The number of esters is 3. The van der Waals surface area contributed by atoms with Crippen molar-refractivity contribution in [2.45, 2.75) is 412 Å². The molecule has 0 aromatic heterocycles. The van der Waals surface area contributed by atoms with Gasteiger partial charge in [-0.3, -0.25) is 14.4 Å². The van der Waals surface area contributed by atoms with Crippen molar-refractivity contribution >= 4 is 17.9 Å². The van der Waals surface area contributed by atoms with Crippen LogP contribution in [0.4, 0.5) is 0 Å². The van der Waals surface area contributed by atoms with E-state index in [1.54, 1.807) is 0 Å². The Balaban J connectivity index is 4.26. The largest absolute Gasteiger partial charge is 0.462 e. The van der Waals surface area contributed by atoms with E-state index in [4.69, 9.17) is 14.2 Å². The highest BCUT2D eigenvalue weighted by Crippen LogP contribution is 2.19. The summed E-state index contributed by atoms with van der Waals surface area (Å²) in [5.41, 5.74) is 0. The highest BCUT2D eigenvalue weighted by molar-refractivity contribution is 5.71. The number of allylic oxidation sites excluding steroid dienone is 8. The molecule has 486 valence electrons. The summed E-state index contributed by atoms with van der Waals surface area (Å²) in [6, 6.07) is 0. The summed E-state index contributed by atoms with van der Waals surface area (Å²) in [6.45, 7) is 6.67. The van der Waals surface area contributed by atoms with Crippen LogP contribution in [0.2, 0.25) is 0 Å². The Morgan fingerprint density at radius 2 is 0.434 bits per heavy atom. The van der Waals surface area contributed by atoms with Crippen LogP contribution in [0.5, 0.6) is 0 Å². The standard InChI is InChI=1S/C77H142O6/c1-4-7-10-13-16-19-22-25-28-30-32-34-36-38-40-42-44-46-49-52-55-58-61-64-67-70-76(79)82-73-74(72-81-75(78)69-66-63-60-57-54-51-48-27-24-21-18-15-12-9-6-3)83-77(80)71-68-65-62-59-56-53-50-47-45-43-41-39-37-35-33-31-29-26-23-20-17-14-11-8-5-2/h18,21-22,25,27,30,32,48,74H,4-17,19-20,23-24,26,28-29,31,33-47,49-73H2,1-3H3/b21-18-,25-22-,32-30-,48-27-. The van der Waals surface area contributed by atoms with E-state index in [9.17, 15) is 14.4 Å². The molecule has 0 saturated carbocycles. The van der Waals surface area contributed by atoms with Gasteiger partial charge >= 0.3 is 17.9 Å². The second-order valence-electron chi connectivity index (χ2n) is 25.2. The van der Waals surface area contributed by atoms with Gasteiger partial charge in [0.05, 0.1) is 0 Å². The van der Waals surface area contributed by atoms with Gasteiger partial charge < -0.3 is 14.2 Å². The van der Waals surface area contributed by atoms with Crippen LogP contribution < -0.4 is 0 Å². The molecule has 0 radical (unpaired) electrons. The number of rotatable bonds is 69. The fraction of sp³-hybridized carbons (Fsp3) is 0.857. The highest BCUT2D eigenvalue weighted by atomic mass is 16.6. The van der Waals surface area contributed by atoms with E-state index in [0.29, 0.717) is 19.3 Å². The zero-order chi connectivity index (χ0) is 59.9. The van der Waals surface area contributed by atoms with Crippen molar-refractivity contribution in [1.29, 1.82) is 0 Å². The first kappa shape index (κ1) is 80.4. The minimum Gasteiger partial charge on any atom is -0.462 e. The smallest absolute Gasteiger partial charge is 0.306 e. The quantitative estimate of drug-likeness (QED) is 0.0261. The maximum Gasteiger partial charge on any atom is 0.306 e. The van der Waals surface area contributed by atoms with E-state index in [1.165, 1.54) is 283 Å². The molecule has 0 aliphatic rings. The Morgan fingerprint density at radius 3 is 0.687 bits per heavy atom. The van der Waals surface area contributed by atoms with Crippen LogP contribution >= 0.6 is 0 Å². The lowest BCUT2D eigenvalue weighted by Crippen LogP contribution is -2.30. The molecule has 1 atom stereocenters. The number of hydrogen-bond donors (Lipinski definition) is 0. The van der Waals surface area contributed by atoms with Crippen molar-refractivity contribution in [3.05, 3.63) is 48.6 Å². The zero-order valence-electron chi connectivity index (χ0n) is 56.0. The highest BCUT2D eigenvalue weighted by Gasteiger charge is 2.19. The van der Waals surface area contributed by atoms with Crippen LogP contribution in [-0.4, -0.2) is 37.2 Å². The third-order valence-electron chi connectivity index (χ3n) is 16.8. The van der Waals surface area contributed by atoms with Gasteiger partial charge in [0.15, 0.2) is 6.10 Å². The lowest BCUT2D eigenvalue weighted by molar-refractivity contribution is -0.167. The van der Waals surface area contributed by atoms with Gasteiger partial charge in [-0.1, -0.05) is 352 Å². The monoisotopic (exact) mass is 1160 g/mol. The molecule has 0 aliphatic heterocycles. The molecule has 1 unspecified atom stereocenters. The maximum atomic E-state index is 13.0. The van der Waals surface area contributed by atoms with Crippen LogP contribution in [0.3, 0.4) is 0 Å². The molecule has 6 nitrogen and oxygen atoms in total. The molecular formula is C77H142O6. The average Bonchev–Trinajstić information content (AvgIpc) is 3.49. The lowest BCUT2D eigenvalue weighted by atomic mass is 10.0. The van der Waals surface area contributed by atoms with Crippen molar-refractivity contribution < 1.29 is 28.6 Å². The van der Waals surface area contributed by atoms with Gasteiger partial charge in [0.2, 0.25) is 0 Å². The number of ether oxygens (including phenoxy) is 3. The van der Waals surface area contributed by atoms with Crippen molar-refractivity contribution in [2.75, 3.05) is 13.2 Å². The zero-order valence-corrected chi connectivity index (χ0v) is 56.0. The third-order valence-corrected chi connectivity index (χ3v) is 16.8. The van der Waals surface area contributed by atoms with Crippen molar-refractivity contribution in [1.82, 2.24) is 0 Å². The first-order chi connectivity index (χ1) is 41.0. The molecule has 0 saturated heterocycles. The minimum absolute atomic E-state index is 0.0736. The molecule has 0 aromatic rings. The molecule has 0 rings (SSSR count). The van der Waals surface area contributed by atoms with Crippen molar-refractivity contribution in [3.8, 4) is 0 Å². The number of hydrogen-bond acceptors (Lipinski definition) is 6. The normalized spacial score (nSPS) is 12.3. The molecule has 0 N–H and O–H groups in total. The summed E-state index contributed by atoms with van der Waals surface area (Å²) >= 11 is 0. The van der Waals surface area contributed by atoms with E-state index in [1.807, 2.05) is 0 Å². The minimum atomic E-state index is -0.779. The summed E-state index contributed by atoms with van der Waals surface area (Å²) < 4.78 is 17.0. The SMILES string of the molecule is CCCCC/C=C\C/C=C\CCCCCCCC(=O)OCC(COC(=O)CCCCCCCCCCCCCCC/C=C\C/C=C\CCCCCCC)OC(=O)CCCCCCCCCCCCCCCCCCCCCCCCCCC. The Hall–Kier alpha value is -2.63. The topological polar surface area (TPSA) is 78.9 Å². The second kappa shape index (κ2) is 71.8. The predicted octanol–water partition coefficient (Wildman–Crippen LogP) is 25.7. The molecule has 0 bridgehead atoms. The summed E-state index contributed by atoms with van der Waals surface area (Å²) in [6.07, 6.45) is 91.5. The molecule has 0 aliphatic carbocycles. The van der Waals surface area contributed by atoms with Crippen LogP contribution in [-0.2, 0) is 28.6 Å². The van der Waals surface area contributed by atoms with Crippen molar-refractivity contribution in [3.63, 3.8) is 0 Å². The van der Waals surface area contributed by atoms with Gasteiger partial charge in [-0.2, -0.15) is 0 Å². The molecule has 0 amide bonds. The van der Waals surface area contributed by atoms with E-state index in [2.05, 4.69) is 69.4 Å². The summed E-state index contributed by atoms with van der Waals surface area (Å²) in [4.78, 5) is 38.5. The van der Waals surface area contributed by atoms with Gasteiger partial charge in [-0.15, -0.1) is 0 Å². The number of carbonyl (C=O) groups excluding carboxylic acids is 3. The lowest BCUT2D eigenvalue weighted by Gasteiger charge is -2.18. The Bertz CT molecular complexity index is 1430. The van der Waals surface area contributed by atoms with E-state index in [-0.39, 0.29) is 31.1 Å². The van der Waals surface area contributed by atoms with Crippen LogP contribution in [0, 0.1) is 0 Å². The van der Waals surface area contributed by atoms with E-state index < -0.39 is 6.10 Å². The van der Waals surface area contributed by atoms with Gasteiger partial charge in [-0.25, -0.2) is 0 Å². The first-order valence-electron chi connectivity index (χ1n) is 37.1. The van der Waals surface area contributed by atoms with Crippen LogP contribution in [0.1, 0.15) is 406 Å². The fourth-order valence-electron chi connectivity index (χ4n) is 11.2. The van der Waals surface area contributed by atoms with Crippen LogP contribution in [0.25, 0.3) is 0 Å². The molecule has 0 fully saturated rings. The molecule has 0 spiro atoms. The van der Waals surface area contributed by atoms with E-state index >= 15 is 0 Å². The Morgan fingerprint density at radius 1 is 0.241 bits per heavy atom. The van der Waals surface area contributed by atoms with Gasteiger partial charge in [0.25, 0.3) is 0 Å². The maximum absolute atomic E-state index is 13.0. The first-order valence-corrected chi connectivity index (χ1v) is 37.1. The fourth-order valence-corrected chi connectivity index (χ4v) is 11.2. The summed E-state index contributed by atoms with van der Waals surface area (Å²) in [7, 11) is 0. The molecule has 6 heteroatoms. The molecule has 0 aromatic carbocycles. The number of carbonyl (C=O) groups is 3. The second-order valence-corrected chi connectivity index (χ2v) is 25.2. The molecule has 0 heterocycles. The Labute approximate surface area is 518 Å². The van der Waals surface area contributed by atoms with Crippen LogP contribution in [0.15, 0.2) is 48.6 Å². The van der Waals surface area contributed by atoms with E-state index in [0.717, 1.165) is 83.5 Å². The molecular weight excluding hydrogens is 1020 g/mol. The third kappa shape index (κ3) is 70.0. The number of unbranched alkanes of at least 4 members (excludes halogenated alkanes) is 50. The summed E-state index contributed by atoms with van der Waals surface area (Å²) in [5.74, 6) is -0.859. The summed E-state index contributed by atoms with van der Waals surface area (Å²) in [5, 5.41) is 0. The van der Waals surface area contributed by atoms with Gasteiger partial charge in [0.1, 0.15) is 13.2 Å². The predicted molar refractivity (Wildman–Crippen MR) is 362 cm³/mol. The average molecular weight is 1160 g/mol. The van der Waals surface area contributed by atoms with Crippen molar-refractivity contribution in [2.24, 2.45) is 0 Å². The molecule has 83 heavy (non-hydrogen) atoms. The van der Waals surface area contributed by atoms with Gasteiger partial charge in [0, 0.05) is 19.3 Å². The van der Waals surface area contributed by atoms with Gasteiger partial charge in [-0.05, 0) is 83.5 Å².